The lowest BCUT2D eigenvalue weighted by atomic mass is 10.1. The van der Waals surface area contributed by atoms with Gasteiger partial charge in [0.25, 0.3) is 5.91 Å². The van der Waals surface area contributed by atoms with Crippen LogP contribution < -0.4 is 5.32 Å². The Kier molecular flexibility index (Phi) is 5.12. The number of aromatic nitrogens is 1. The van der Waals surface area contributed by atoms with Gasteiger partial charge in [-0.25, -0.2) is 0 Å². The summed E-state index contributed by atoms with van der Waals surface area (Å²) in [6.45, 7) is 0.558. The molecular formula is C21H16N4O. The van der Waals surface area contributed by atoms with Gasteiger partial charge in [0, 0.05) is 34.9 Å². The second-order valence-electron chi connectivity index (χ2n) is 5.69. The van der Waals surface area contributed by atoms with Crippen molar-refractivity contribution in [1.82, 2.24) is 4.57 Å². The predicted molar refractivity (Wildman–Crippen MR) is 101 cm³/mol. The van der Waals surface area contributed by atoms with E-state index >= 15 is 0 Å². The van der Waals surface area contributed by atoms with Gasteiger partial charge >= 0.3 is 0 Å². The number of amides is 1. The molecule has 0 fully saturated rings. The molecule has 5 nitrogen and oxygen atoms in total. The molecule has 0 saturated carbocycles. The lowest BCUT2D eigenvalue weighted by Gasteiger charge is -2.03. The Morgan fingerprint density at radius 3 is 2.54 bits per heavy atom. The monoisotopic (exact) mass is 340 g/mol. The number of carbonyl (C=O) groups excluding carboxylic acids is 1. The number of rotatable bonds is 5. The third-order valence-corrected chi connectivity index (χ3v) is 3.98. The first kappa shape index (κ1) is 17.0. The molecule has 1 heterocycles. The average molecular weight is 340 g/mol. The van der Waals surface area contributed by atoms with E-state index in [-0.39, 0.29) is 5.57 Å². The molecule has 5 heteroatoms. The fourth-order valence-electron chi connectivity index (χ4n) is 2.77. The first-order valence-corrected chi connectivity index (χ1v) is 8.16. The average Bonchev–Trinajstić information content (AvgIpc) is 3.03. The number of hydrogen-bond donors (Lipinski definition) is 1. The van der Waals surface area contributed by atoms with Crippen molar-refractivity contribution >= 4 is 28.6 Å². The SMILES string of the molecule is N#CCCn1cc(/C=C(/C#N)C(=O)Nc2ccccc2)c2ccccc21. The van der Waals surface area contributed by atoms with Crippen LogP contribution in [-0.4, -0.2) is 10.5 Å². The van der Waals surface area contributed by atoms with Gasteiger partial charge in [-0.1, -0.05) is 36.4 Å². The molecule has 3 aromatic rings. The minimum Gasteiger partial charge on any atom is -0.346 e. The van der Waals surface area contributed by atoms with E-state index in [1.54, 1.807) is 18.2 Å². The highest BCUT2D eigenvalue weighted by Gasteiger charge is 2.12. The Morgan fingerprint density at radius 2 is 1.81 bits per heavy atom. The molecule has 0 saturated heterocycles. The van der Waals surface area contributed by atoms with Crippen molar-refractivity contribution in [3.05, 3.63) is 71.9 Å². The van der Waals surface area contributed by atoms with Crippen molar-refractivity contribution in [2.24, 2.45) is 0 Å². The van der Waals surface area contributed by atoms with Gasteiger partial charge in [-0.3, -0.25) is 4.79 Å². The molecule has 26 heavy (non-hydrogen) atoms. The molecule has 0 spiro atoms. The maximum Gasteiger partial charge on any atom is 0.266 e. The van der Waals surface area contributed by atoms with Crippen LogP contribution in [0.1, 0.15) is 12.0 Å². The zero-order valence-corrected chi connectivity index (χ0v) is 14.0. The van der Waals surface area contributed by atoms with E-state index in [2.05, 4.69) is 11.4 Å². The Bertz CT molecular complexity index is 1050. The fraction of sp³-hybridized carbons (Fsp3) is 0.0952. The summed E-state index contributed by atoms with van der Waals surface area (Å²) in [7, 11) is 0. The first-order valence-electron chi connectivity index (χ1n) is 8.16. The van der Waals surface area contributed by atoms with Crippen molar-refractivity contribution < 1.29 is 4.79 Å². The number of anilines is 1. The van der Waals surface area contributed by atoms with E-state index < -0.39 is 5.91 Å². The molecule has 2 aromatic carbocycles. The molecule has 0 aliphatic rings. The number of nitrogens with zero attached hydrogens (tertiary/aromatic N) is 3. The van der Waals surface area contributed by atoms with Gasteiger partial charge in [0.1, 0.15) is 11.6 Å². The number of nitrogens with one attached hydrogen (secondary N) is 1. The van der Waals surface area contributed by atoms with Crippen molar-refractivity contribution in [3.63, 3.8) is 0 Å². The quantitative estimate of drug-likeness (QED) is 0.561. The van der Waals surface area contributed by atoms with Crippen LogP contribution >= 0.6 is 0 Å². The zero-order valence-electron chi connectivity index (χ0n) is 14.0. The van der Waals surface area contributed by atoms with Gasteiger partial charge in [0.2, 0.25) is 0 Å². The van der Waals surface area contributed by atoms with Crippen molar-refractivity contribution in [1.29, 1.82) is 10.5 Å². The molecule has 1 N–H and O–H groups in total. The Labute approximate surface area is 151 Å². The highest BCUT2D eigenvalue weighted by atomic mass is 16.1. The molecule has 3 rings (SSSR count). The highest BCUT2D eigenvalue weighted by molar-refractivity contribution is 6.10. The second kappa shape index (κ2) is 7.83. The molecule has 126 valence electrons. The van der Waals surface area contributed by atoms with Crippen LogP contribution in [0.2, 0.25) is 0 Å². The summed E-state index contributed by atoms with van der Waals surface area (Å²) in [5.41, 5.74) is 2.40. The molecule has 0 bridgehead atoms. The number of aryl methyl sites for hydroxylation is 1. The van der Waals surface area contributed by atoms with Gasteiger partial charge in [0.15, 0.2) is 0 Å². The number of fused-ring (bicyclic) bond motifs is 1. The van der Waals surface area contributed by atoms with E-state index in [0.717, 1.165) is 16.5 Å². The maximum absolute atomic E-state index is 12.4. The number of carbonyl (C=O) groups is 1. The van der Waals surface area contributed by atoms with Gasteiger partial charge in [-0.15, -0.1) is 0 Å². The van der Waals surface area contributed by atoms with Crippen LogP contribution in [0.15, 0.2) is 66.4 Å². The fourth-order valence-corrected chi connectivity index (χ4v) is 2.77. The van der Waals surface area contributed by atoms with E-state index in [1.165, 1.54) is 0 Å². The molecular weight excluding hydrogens is 324 g/mol. The largest absolute Gasteiger partial charge is 0.346 e. The van der Waals surface area contributed by atoms with Crippen LogP contribution in [-0.2, 0) is 11.3 Å². The minimum absolute atomic E-state index is 0.0250. The lowest BCUT2D eigenvalue weighted by Crippen LogP contribution is -2.13. The predicted octanol–water partition coefficient (Wildman–Crippen LogP) is 4.10. The van der Waals surface area contributed by atoms with Gasteiger partial charge in [-0.05, 0) is 24.3 Å². The van der Waals surface area contributed by atoms with E-state index in [4.69, 9.17) is 5.26 Å². The molecule has 0 aliphatic heterocycles. The number of benzene rings is 2. The zero-order chi connectivity index (χ0) is 18.4. The lowest BCUT2D eigenvalue weighted by molar-refractivity contribution is -0.112. The van der Waals surface area contributed by atoms with Crippen LogP contribution in [0.4, 0.5) is 5.69 Å². The summed E-state index contributed by atoms with van der Waals surface area (Å²) < 4.78 is 1.97. The minimum atomic E-state index is -0.451. The normalized spacial score (nSPS) is 10.9. The van der Waals surface area contributed by atoms with E-state index in [1.807, 2.05) is 59.3 Å². The Balaban J connectivity index is 1.95. The van der Waals surface area contributed by atoms with Crippen LogP contribution in [0.25, 0.3) is 17.0 Å². The van der Waals surface area contributed by atoms with Gasteiger partial charge < -0.3 is 9.88 Å². The van der Waals surface area contributed by atoms with Crippen molar-refractivity contribution in [3.8, 4) is 12.1 Å². The molecule has 0 aliphatic carbocycles. The molecule has 0 radical (unpaired) electrons. The third kappa shape index (κ3) is 3.63. The summed E-state index contributed by atoms with van der Waals surface area (Å²) in [6, 6.07) is 20.8. The summed E-state index contributed by atoms with van der Waals surface area (Å²) in [5.74, 6) is -0.451. The van der Waals surface area contributed by atoms with Gasteiger partial charge in [0.05, 0.1) is 12.5 Å². The third-order valence-electron chi connectivity index (χ3n) is 3.98. The topological polar surface area (TPSA) is 81.6 Å². The Morgan fingerprint density at radius 1 is 1.08 bits per heavy atom. The molecule has 0 atom stereocenters. The molecule has 1 amide bonds. The first-order chi connectivity index (χ1) is 12.7. The van der Waals surface area contributed by atoms with E-state index in [9.17, 15) is 10.1 Å². The van der Waals surface area contributed by atoms with Crippen molar-refractivity contribution in [2.75, 3.05) is 5.32 Å². The number of para-hydroxylation sites is 2. The van der Waals surface area contributed by atoms with Gasteiger partial charge in [-0.2, -0.15) is 10.5 Å². The van der Waals surface area contributed by atoms with Crippen LogP contribution in [0.3, 0.4) is 0 Å². The summed E-state index contributed by atoms with van der Waals surface area (Å²) in [4.78, 5) is 12.4. The van der Waals surface area contributed by atoms with E-state index in [0.29, 0.717) is 18.7 Å². The maximum atomic E-state index is 12.4. The molecule has 1 aromatic heterocycles. The highest BCUT2D eigenvalue weighted by Crippen LogP contribution is 2.24. The van der Waals surface area contributed by atoms with Crippen molar-refractivity contribution in [2.45, 2.75) is 13.0 Å². The number of nitriles is 2. The molecule has 0 unspecified atom stereocenters. The smallest absolute Gasteiger partial charge is 0.266 e. The summed E-state index contributed by atoms with van der Waals surface area (Å²) in [6.07, 6.45) is 3.85. The summed E-state index contributed by atoms with van der Waals surface area (Å²) in [5, 5.41) is 21.9. The number of hydrogen-bond acceptors (Lipinski definition) is 3. The van der Waals surface area contributed by atoms with Crippen LogP contribution in [0.5, 0.6) is 0 Å². The summed E-state index contributed by atoms with van der Waals surface area (Å²) >= 11 is 0. The second-order valence-corrected chi connectivity index (χ2v) is 5.69. The van der Waals surface area contributed by atoms with Crippen LogP contribution in [0, 0.1) is 22.7 Å². The standard InChI is InChI=1S/C21H16N4O/c22-11-6-12-25-15-17(19-9-4-5-10-20(19)25)13-16(14-23)21(26)24-18-7-2-1-3-8-18/h1-5,7-10,13,15H,6,12H2,(H,24,26)/b16-13-. The Hall–Kier alpha value is -3.83.